The third kappa shape index (κ3) is 6.22. The average molecular weight is 529 g/mol. The van der Waals surface area contributed by atoms with Crippen molar-refractivity contribution in [3.63, 3.8) is 0 Å². The maximum absolute atomic E-state index is 13.6. The van der Waals surface area contributed by atoms with Crippen LogP contribution in [-0.2, 0) is 9.53 Å². The Hall–Kier alpha value is -3.17. The fourth-order valence-corrected chi connectivity index (χ4v) is 4.93. The van der Waals surface area contributed by atoms with Crippen LogP contribution in [0, 0.1) is 11.7 Å². The molecular formula is C27H30ClFN4O4. The minimum atomic E-state index is -0.488. The zero-order valence-electron chi connectivity index (χ0n) is 20.7. The molecule has 0 spiro atoms. The second-order valence-electron chi connectivity index (χ2n) is 9.62. The van der Waals surface area contributed by atoms with Gasteiger partial charge in [0.25, 0.3) is 0 Å². The Kier molecular flexibility index (Phi) is 7.90. The van der Waals surface area contributed by atoms with Crippen LogP contribution in [0.25, 0.3) is 10.9 Å². The summed E-state index contributed by atoms with van der Waals surface area (Å²) in [7, 11) is 1.96. The van der Waals surface area contributed by atoms with Gasteiger partial charge in [0.1, 0.15) is 31.2 Å². The van der Waals surface area contributed by atoms with Crippen molar-refractivity contribution in [3.05, 3.63) is 47.5 Å². The highest BCUT2D eigenvalue weighted by molar-refractivity contribution is 6.31. The van der Waals surface area contributed by atoms with E-state index in [0.29, 0.717) is 67.2 Å². The van der Waals surface area contributed by atoms with Crippen LogP contribution in [0.1, 0.15) is 32.1 Å². The first kappa shape index (κ1) is 25.5. The van der Waals surface area contributed by atoms with E-state index in [2.05, 4.69) is 20.2 Å². The Labute approximate surface area is 220 Å². The number of halogens is 2. The van der Waals surface area contributed by atoms with Gasteiger partial charge in [-0.05, 0) is 50.1 Å². The van der Waals surface area contributed by atoms with Gasteiger partial charge >= 0.3 is 5.97 Å². The Morgan fingerprint density at radius 1 is 1.16 bits per heavy atom. The Bertz CT molecular complexity index is 1270. The van der Waals surface area contributed by atoms with Gasteiger partial charge in [0.05, 0.1) is 29.6 Å². The molecule has 196 valence electrons. The molecule has 0 amide bonds. The molecule has 2 heterocycles. The van der Waals surface area contributed by atoms with Gasteiger partial charge in [-0.3, -0.25) is 9.69 Å². The Morgan fingerprint density at radius 2 is 1.97 bits per heavy atom. The molecular weight excluding hydrogens is 499 g/mol. The lowest BCUT2D eigenvalue weighted by Crippen LogP contribution is -2.35. The Balaban J connectivity index is 1.37. The summed E-state index contributed by atoms with van der Waals surface area (Å²) >= 11 is 5.96. The first-order valence-corrected chi connectivity index (χ1v) is 13.0. The number of carbonyl (C=O) groups excluding carboxylic acids is 1. The maximum atomic E-state index is 13.6. The molecule has 1 N–H and O–H groups in total. The van der Waals surface area contributed by atoms with Crippen LogP contribution in [0.3, 0.4) is 0 Å². The molecule has 2 fully saturated rings. The van der Waals surface area contributed by atoms with E-state index in [-0.39, 0.29) is 17.0 Å². The summed E-state index contributed by atoms with van der Waals surface area (Å²) in [5.41, 5.74) is 1.29. The van der Waals surface area contributed by atoms with Crippen LogP contribution in [0.4, 0.5) is 15.9 Å². The molecule has 8 nitrogen and oxygen atoms in total. The number of hydrogen-bond donors (Lipinski definition) is 1. The lowest BCUT2D eigenvalue weighted by Gasteiger charge is -2.22. The van der Waals surface area contributed by atoms with Crippen LogP contribution >= 0.6 is 11.6 Å². The van der Waals surface area contributed by atoms with Gasteiger partial charge in [0.15, 0.2) is 11.5 Å². The van der Waals surface area contributed by atoms with Crippen LogP contribution in [0.5, 0.6) is 11.5 Å². The number of hydrogen-bond acceptors (Lipinski definition) is 8. The largest absolute Gasteiger partial charge is 0.489 e. The lowest BCUT2D eigenvalue weighted by molar-refractivity contribution is -0.137. The summed E-state index contributed by atoms with van der Waals surface area (Å²) in [5, 5.41) is 3.95. The molecule has 5 rings (SSSR count). The quantitative estimate of drug-likeness (QED) is 0.352. The third-order valence-corrected chi connectivity index (χ3v) is 7.29. The van der Waals surface area contributed by atoms with Crippen molar-refractivity contribution in [1.82, 2.24) is 14.9 Å². The van der Waals surface area contributed by atoms with Crippen LogP contribution < -0.4 is 14.8 Å². The number of aromatic nitrogens is 2. The predicted molar refractivity (Wildman–Crippen MR) is 139 cm³/mol. The highest BCUT2D eigenvalue weighted by atomic mass is 35.5. The average Bonchev–Trinajstić information content (AvgIpc) is 3.57. The van der Waals surface area contributed by atoms with Gasteiger partial charge < -0.3 is 19.5 Å². The SMILES string of the molecule is CN(CCOc1cc2c(Nc3ccc(F)c(Cl)c3)ncnc2cc1OCC1CCCC1)C1COC(=O)C1. The number of anilines is 2. The normalized spacial score (nSPS) is 17.9. The topological polar surface area (TPSA) is 85.8 Å². The van der Waals surface area contributed by atoms with Crippen molar-refractivity contribution >= 4 is 40.0 Å². The molecule has 1 saturated carbocycles. The number of likely N-dealkylation sites (N-methyl/N-ethyl adjacent to an activating group) is 1. The molecule has 2 aromatic carbocycles. The molecule has 0 bridgehead atoms. The molecule has 1 aliphatic carbocycles. The molecule has 1 aliphatic heterocycles. The summed E-state index contributed by atoms with van der Waals surface area (Å²) in [4.78, 5) is 22.4. The molecule has 3 aromatic rings. The first-order valence-electron chi connectivity index (χ1n) is 12.6. The molecule has 0 radical (unpaired) electrons. The van der Waals surface area contributed by atoms with Crippen molar-refractivity contribution in [2.45, 2.75) is 38.1 Å². The molecule has 1 aromatic heterocycles. The van der Waals surface area contributed by atoms with Crippen molar-refractivity contribution in [1.29, 1.82) is 0 Å². The maximum Gasteiger partial charge on any atom is 0.307 e. The number of nitrogens with zero attached hydrogens (tertiary/aromatic N) is 3. The van der Waals surface area contributed by atoms with E-state index < -0.39 is 5.82 Å². The highest BCUT2D eigenvalue weighted by Crippen LogP contribution is 2.36. The number of cyclic esters (lactones) is 1. The van der Waals surface area contributed by atoms with Crippen molar-refractivity contribution in [3.8, 4) is 11.5 Å². The summed E-state index contributed by atoms with van der Waals surface area (Å²) in [6, 6.07) is 8.20. The molecule has 10 heteroatoms. The van der Waals surface area contributed by atoms with E-state index in [4.69, 9.17) is 25.8 Å². The van der Waals surface area contributed by atoms with E-state index >= 15 is 0 Å². The smallest absolute Gasteiger partial charge is 0.307 e. The van der Waals surface area contributed by atoms with Crippen LogP contribution in [-0.4, -0.2) is 60.3 Å². The monoisotopic (exact) mass is 528 g/mol. The summed E-state index contributed by atoms with van der Waals surface area (Å²) in [6.07, 6.45) is 6.69. The van der Waals surface area contributed by atoms with Crippen LogP contribution in [0.15, 0.2) is 36.7 Å². The summed E-state index contributed by atoms with van der Waals surface area (Å²) < 4.78 is 31.2. The molecule has 1 atom stereocenters. The van der Waals surface area contributed by atoms with Gasteiger partial charge in [-0.1, -0.05) is 24.4 Å². The molecule has 2 aliphatic rings. The minimum Gasteiger partial charge on any atom is -0.489 e. The minimum absolute atomic E-state index is 0.0217. The fraction of sp³-hybridized carbons (Fsp3) is 0.444. The number of nitrogens with one attached hydrogen (secondary N) is 1. The highest BCUT2D eigenvalue weighted by Gasteiger charge is 2.27. The van der Waals surface area contributed by atoms with Gasteiger partial charge in [-0.15, -0.1) is 0 Å². The number of carbonyl (C=O) groups is 1. The van der Waals surface area contributed by atoms with E-state index in [0.717, 1.165) is 5.39 Å². The van der Waals surface area contributed by atoms with Crippen molar-refractivity contribution < 1.29 is 23.4 Å². The van der Waals surface area contributed by atoms with Crippen molar-refractivity contribution in [2.24, 2.45) is 5.92 Å². The first-order chi connectivity index (χ1) is 18.0. The summed E-state index contributed by atoms with van der Waals surface area (Å²) in [5.74, 6) is 1.65. The van der Waals surface area contributed by atoms with Gasteiger partial charge in [-0.2, -0.15) is 0 Å². The molecule has 1 unspecified atom stereocenters. The second kappa shape index (κ2) is 11.5. The van der Waals surface area contributed by atoms with Gasteiger partial charge in [-0.25, -0.2) is 14.4 Å². The standard InChI is InChI=1S/C27H30ClFN4O4/c1-33(19-11-26(34)37-15-19)8-9-35-24-12-20-23(13-25(24)36-14-17-4-2-3-5-17)30-16-31-27(20)32-18-6-7-22(29)21(28)10-18/h6-7,10,12-13,16-17,19H,2-5,8-9,11,14-15H2,1H3,(H,30,31,32). The van der Waals surface area contributed by atoms with E-state index in [1.807, 2.05) is 19.2 Å². The van der Waals surface area contributed by atoms with E-state index in [1.165, 1.54) is 44.1 Å². The number of fused-ring (bicyclic) bond motifs is 1. The second-order valence-corrected chi connectivity index (χ2v) is 10.0. The fourth-order valence-electron chi connectivity index (χ4n) is 4.75. The zero-order chi connectivity index (χ0) is 25.8. The van der Waals surface area contributed by atoms with Crippen LogP contribution in [0.2, 0.25) is 5.02 Å². The number of ether oxygens (including phenoxy) is 3. The number of benzene rings is 2. The predicted octanol–water partition coefficient (Wildman–Crippen LogP) is 5.36. The summed E-state index contributed by atoms with van der Waals surface area (Å²) in [6.45, 7) is 2.05. The number of rotatable bonds is 10. The van der Waals surface area contributed by atoms with Gasteiger partial charge in [0, 0.05) is 23.7 Å². The lowest BCUT2D eigenvalue weighted by atomic mass is 10.1. The number of esters is 1. The molecule has 37 heavy (non-hydrogen) atoms. The molecule has 1 saturated heterocycles. The van der Waals surface area contributed by atoms with E-state index in [1.54, 1.807) is 6.07 Å². The van der Waals surface area contributed by atoms with E-state index in [9.17, 15) is 9.18 Å². The van der Waals surface area contributed by atoms with Gasteiger partial charge in [0.2, 0.25) is 0 Å². The van der Waals surface area contributed by atoms with Crippen molar-refractivity contribution in [2.75, 3.05) is 38.7 Å². The Morgan fingerprint density at radius 3 is 2.73 bits per heavy atom. The zero-order valence-corrected chi connectivity index (χ0v) is 21.5. The third-order valence-electron chi connectivity index (χ3n) is 7.00.